The lowest BCUT2D eigenvalue weighted by atomic mass is 9.90. The lowest BCUT2D eigenvalue weighted by molar-refractivity contribution is -0.158. The van der Waals surface area contributed by atoms with Gasteiger partial charge in [-0.25, -0.2) is 0 Å². The summed E-state index contributed by atoms with van der Waals surface area (Å²) in [6.07, 6.45) is 1.55. The van der Waals surface area contributed by atoms with E-state index < -0.39 is 5.60 Å². The van der Waals surface area contributed by atoms with Gasteiger partial charge in [0.05, 0.1) is 0 Å². The summed E-state index contributed by atoms with van der Waals surface area (Å²) >= 11 is 0. The summed E-state index contributed by atoms with van der Waals surface area (Å²) in [5, 5.41) is 3.28. The van der Waals surface area contributed by atoms with Gasteiger partial charge in [0.15, 0.2) is 0 Å². The Hall–Kier alpha value is -0.610. The maximum atomic E-state index is 12.6. The van der Waals surface area contributed by atoms with E-state index in [1.54, 1.807) is 7.11 Å². The minimum atomic E-state index is -0.587. The fraction of sp³-hybridized carbons (Fsp3) is 0.923. The molecule has 0 unspecified atom stereocenters. The first-order chi connectivity index (χ1) is 8.05. The molecule has 0 aromatic rings. The van der Waals surface area contributed by atoms with Gasteiger partial charge in [0.1, 0.15) is 5.60 Å². The zero-order valence-corrected chi connectivity index (χ0v) is 11.6. The molecule has 1 heterocycles. The topological polar surface area (TPSA) is 41.6 Å². The molecular formula is C13H26N2O2. The van der Waals surface area contributed by atoms with Gasteiger partial charge in [-0.1, -0.05) is 13.8 Å². The Balaban J connectivity index is 2.75. The van der Waals surface area contributed by atoms with Crippen LogP contribution in [0.2, 0.25) is 0 Å². The normalized spacial score (nSPS) is 19.4. The number of hydrogen-bond acceptors (Lipinski definition) is 3. The molecule has 1 saturated heterocycles. The molecule has 1 amide bonds. The van der Waals surface area contributed by atoms with Gasteiger partial charge in [-0.05, 0) is 38.8 Å². The van der Waals surface area contributed by atoms with E-state index in [0.717, 1.165) is 39.0 Å². The Labute approximate surface area is 105 Å². The number of piperidine rings is 1. The van der Waals surface area contributed by atoms with E-state index in [9.17, 15) is 4.79 Å². The van der Waals surface area contributed by atoms with Gasteiger partial charge >= 0.3 is 0 Å². The predicted octanol–water partition coefficient (Wildman–Crippen LogP) is 1.26. The number of nitrogens with zero attached hydrogens (tertiary/aromatic N) is 1. The Morgan fingerprint density at radius 3 is 2.41 bits per heavy atom. The molecule has 0 radical (unpaired) electrons. The molecule has 100 valence electrons. The first kappa shape index (κ1) is 14.5. The van der Waals surface area contributed by atoms with Crippen LogP contribution in [0, 0.1) is 5.92 Å². The van der Waals surface area contributed by atoms with E-state index in [-0.39, 0.29) is 5.91 Å². The van der Waals surface area contributed by atoms with Crippen LogP contribution in [-0.4, -0.2) is 49.7 Å². The van der Waals surface area contributed by atoms with Crippen molar-refractivity contribution in [1.82, 2.24) is 10.2 Å². The predicted molar refractivity (Wildman–Crippen MR) is 68.9 cm³/mol. The number of amides is 1. The van der Waals surface area contributed by atoms with E-state index in [0.29, 0.717) is 5.92 Å². The van der Waals surface area contributed by atoms with Crippen molar-refractivity contribution in [1.29, 1.82) is 0 Å². The molecule has 0 bridgehead atoms. The van der Waals surface area contributed by atoms with Crippen molar-refractivity contribution in [2.75, 3.05) is 33.3 Å². The highest BCUT2D eigenvalue weighted by Gasteiger charge is 2.41. The Morgan fingerprint density at radius 1 is 1.41 bits per heavy atom. The number of carbonyl (C=O) groups is 1. The number of methoxy groups -OCH3 is 1. The number of hydrogen-bond donors (Lipinski definition) is 1. The van der Waals surface area contributed by atoms with E-state index in [4.69, 9.17) is 4.74 Å². The zero-order valence-electron chi connectivity index (χ0n) is 11.6. The van der Waals surface area contributed by atoms with Crippen LogP contribution < -0.4 is 5.32 Å². The SMILES string of the molecule is CCN(CC(C)C)C(=O)C1(OC)CCNCC1. The van der Waals surface area contributed by atoms with Crippen molar-refractivity contribution in [2.24, 2.45) is 5.92 Å². The van der Waals surface area contributed by atoms with Crippen LogP contribution in [0.4, 0.5) is 0 Å². The molecule has 1 fully saturated rings. The van der Waals surface area contributed by atoms with Gasteiger partial charge in [0, 0.05) is 20.2 Å². The average molecular weight is 242 g/mol. The molecule has 0 aliphatic carbocycles. The Morgan fingerprint density at radius 2 is 2.00 bits per heavy atom. The third-order valence-electron chi connectivity index (χ3n) is 3.45. The minimum Gasteiger partial charge on any atom is -0.368 e. The zero-order chi connectivity index (χ0) is 12.9. The van der Waals surface area contributed by atoms with Crippen LogP contribution in [0.25, 0.3) is 0 Å². The molecule has 0 spiro atoms. The number of ether oxygens (including phenoxy) is 1. The monoisotopic (exact) mass is 242 g/mol. The smallest absolute Gasteiger partial charge is 0.254 e. The highest BCUT2D eigenvalue weighted by molar-refractivity contribution is 5.85. The third kappa shape index (κ3) is 3.42. The van der Waals surface area contributed by atoms with Crippen LogP contribution in [0.15, 0.2) is 0 Å². The van der Waals surface area contributed by atoms with Crippen molar-refractivity contribution in [3.05, 3.63) is 0 Å². The number of rotatable bonds is 5. The van der Waals surface area contributed by atoms with Gasteiger partial charge in [-0.2, -0.15) is 0 Å². The molecule has 1 N–H and O–H groups in total. The summed E-state index contributed by atoms with van der Waals surface area (Å²) in [6, 6.07) is 0. The van der Waals surface area contributed by atoms with Crippen molar-refractivity contribution >= 4 is 5.91 Å². The van der Waals surface area contributed by atoms with Crippen molar-refractivity contribution < 1.29 is 9.53 Å². The van der Waals surface area contributed by atoms with Gasteiger partial charge < -0.3 is 15.0 Å². The van der Waals surface area contributed by atoms with Gasteiger partial charge in [-0.15, -0.1) is 0 Å². The summed E-state index contributed by atoms with van der Waals surface area (Å²) in [7, 11) is 1.66. The number of nitrogens with one attached hydrogen (secondary N) is 1. The lowest BCUT2D eigenvalue weighted by Gasteiger charge is -2.39. The van der Waals surface area contributed by atoms with Crippen LogP contribution >= 0.6 is 0 Å². The summed E-state index contributed by atoms with van der Waals surface area (Å²) in [4.78, 5) is 14.5. The van der Waals surface area contributed by atoms with Gasteiger partial charge in [0.25, 0.3) is 5.91 Å². The van der Waals surface area contributed by atoms with Crippen molar-refractivity contribution in [3.8, 4) is 0 Å². The van der Waals surface area contributed by atoms with Gasteiger partial charge in [-0.3, -0.25) is 4.79 Å². The quantitative estimate of drug-likeness (QED) is 0.789. The second-order valence-electron chi connectivity index (χ2n) is 5.19. The molecule has 0 aromatic heterocycles. The van der Waals surface area contributed by atoms with Crippen LogP contribution in [0.1, 0.15) is 33.6 Å². The second kappa shape index (κ2) is 6.36. The van der Waals surface area contributed by atoms with E-state index in [1.807, 2.05) is 11.8 Å². The van der Waals surface area contributed by atoms with Gasteiger partial charge in [0.2, 0.25) is 0 Å². The molecule has 17 heavy (non-hydrogen) atoms. The van der Waals surface area contributed by atoms with Crippen LogP contribution in [-0.2, 0) is 9.53 Å². The summed E-state index contributed by atoms with van der Waals surface area (Å²) in [6.45, 7) is 9.60. The lowest BCUT2D eigenvalue weighted by Crippen LogP contribution is -2.55. The third-order valence-corrected chi connectivity index (χ3v) is 3.45. The first-order valence-corrected chi connectivity index (χ1v) is 6.61. The van der Waals surface area contributed by atoms with E-state index in [2.05, 4.69) is 19.2 Å². The largest absolute Gasteiger partial charge is 0.368 e. The van der Waals surface area contributed by atoms with E-state index in [1.165, 1.54) is 0 Å². The van der Waals surface area contributed by atoms with Crippen LogP contribution in [0.5, 0.6) is 0 Å². The summed E-state index contributed by atoms with van der Waals surface area (Å²) in [5.41, 5.74) is -0.587. The number of likely N-dealkylation sites (N-methyl/N-ethyl adjacent to an activating group) is 1. The first-order valence-electron chi connectivity index (χ1n) is 6.61. The molecule has 1 aliphatic heterocycles. The molecular weight excluding hydrogens is 216 g/mol. The summed E-state index contributed by atoms with van der Waals surface area (Å²) < 4.78 is 5.57. The summed E-state index contributed by atoms with van der Waals surface area (Å²) in [5.74, 6) is 0.659. The number of carbonyl (C=O) groups excluding carboxylic acids is 1. The standard InChI is InChI=1S/C13H26N2O2/c1-5-15(10-11(2)3)12(16)13(17-4)6-8-14-9-7-13/h11,14H,5-10H2,1-4H3. The highest BCUT2D eigenvalue weighted by atomic mass is 16.5. The van der Waals surface area contributed by atoms with Crippen molar-refractivity contribution in [2.45, 2.75) is 39.2 Å². The van der Waals surface area contributed by atoms with Crippen molar-refractivity contribution in [3.63, 3.8) is 0 Å². The maximum absolute atomic E-state index is 12.6. The fourth-order valence-corrected chi connectivity index (χ4v) is 2.42. The van der Waals surface area contributed by atoms with E-state index >= 15 is 0 Å². The Kier molecular flexibility index (Phi) is 5.40. The molecule has 0 saturated carbocycles. The Bertz CT molecular complexity index is 248. The maximum Gasteiger partial charge on any atom is 0.254 e. The molecule has 0 atom stereocenters. The average Bonchev–Trinajstić information content (AvgIpc) is 2.35. The molecule has 1 aliphatic rings. The highest BCUT2D eigenvalue weighted by Crippen LogP contribution is 2.25. The second-order valence-corrected chi connectivity index (χ2v) is 5.19. The molecule has 4 heteroatoms. The molecule has 1 rings (SSSR count). The molecule has 4 nitrogen and oxygen atoms in total. The van der Waals surface area contributed by atoms with Crippen LogP contribution in [0.3, 0.4) is 0 Å². The minimum absolute atomic E-state index is 0.165. The fourth-order valence-electron chi connectivity index (χ4n) is 2.42. The molecule has 0 aromatic carbocycles.